The zero-order chi connectivity index (χ0) is 25.3. The molecule has 9 heteroatoms. The van der Waals surface area contributed by atoms with E-state index in [2.05, 4.69) is 10.3 Å². The number of benzene rings is 3. The van der Waals surface area contributed by atoms with Crippen molar-refractivity contribution >= 4 is 26.7 Å². The van der Waals surface area contributed by atoms with E-state index in [1.165, 1.54) is 12.1 Å². The van der Waals surface area contributed by atoms with Gasteiger partial charge >= 0.3 is 5.97 Å². The Morgan fingerprint density at radius 1 is 0.943 bits per heavy atom. The molecule has 1 unspecified atom stereocenters. The maximum absolute atomic E-state index is 13.2. The fourth-order valence-corrected chi connectivity index (χ4v) is 5.49. The van der Waals surface area contributed by atoms with Crippen LogP contribution in [-0.2, 0) is 21.2 Å². The minimum Gasteiger partial charge on any atom is -0.480 e. The zero-order valence-electron chi connectivity index (χ0n) is 19.6. The van der Waals surface area contributed by atoms with E-state index in [0.29, 0.717) is 10.9 Å². The molecule has 0 radical (unpaired) electrons. The summed E-state index contributed by atoms with van der Waals surface area (Å²) < 4.78 is 27.4. The molecule has 0 saturated carbocycles. The first-order valence-corrected chi connectivity index (χ1v) is 12.6. The first-order valence-electron chi connectivity index (χ1n) is 11.1. The number of carboxylic acid groups (broad SMARTS) is 1. The Morgan fingerprint density at radius 3 is 2.29 bits per heavy atom. The molecule has 0 saturated heterocycles. The van der Waals surface area contributed by atoms with E-state index in [4.69, 9.17) is 0 Å². The Bertz CT molecular complexity index is 1590. The predicted molar refractivity (Wildman–Crippen MR) is 133 cm³/mol. The summed E-state index contributed by atoms with van der Waals surface area (Å²) >= 11 is 0. The molecular formula is C26H25N3O5S. The largest absolute Gasteiger partial charge is 0.480 e. The summed E-state index contributed by atoms with van der Waals surface area (Å²) in [5.74, 6) is -1.49. The predicted octanol–water partition coefficient (Wildman–Crippen LogP) is 3.70. The molecule has 1 atom stereocenters. The highest BCUT2D eigenvalue weighted by atomic mass is 32.2. The highest BCUT2D eigenvalue weighted by Crippen LogP contribution is 2.26. The third kappa shape index (κ3) is 4.72. The van der Waals surface area contributed by atoms with Gasteiger partial charge < -0.3 is 5.11 Å². The maximum Gasteiger partial charge on any atom is 0.322 e. The summed E-state index contributed by atoms with van der Waals surface area (Å²) in [6.07, 6.45) is -0.331. The third-order valence-electron chi connectivity index (χ3n) is 6.23. The van der Waals surface area contributed by atoms with Crippen molar-refractivity contribution in [1.29, 1.82) is 0 Å². The quantitative estimate of drug-likeness (QED) is 0.419. The van der Waals surface area contributed by atoms with Gasteiger partial charge in [-0.1, -0.05) is 47.7 Å². The van der Waals surface area contributed by atoms with Crippen molar-refractivity contribution in [3.8, 4) is 11.1 Å². The van der Waals surface area contributed by atoms with Gasteiger partial charge in [0.15, 0.2) is 15.1 Å². The fourth-order valence-electron chi connectivity index (χ4n) is 3.96. The number of fused-ring (bicyclic) bond motifs is 1. The van der Waals surface area contributed by atoms with Crippen LogP contribution in [0.1, 0.15) is 23.1 Å². The molecule has 35 heavy (non-hydrogen) atoms. The van der Waals surface area contributed by atoms with Gasteiger partial charge in [0.25, 0.3) is 5.56 Å². The van der Waals surface area contributed by atoms with Crippen LogP contribution in [0.2, 0.25) is 0 Å². The Hall–Kier alpha value is -3.85. The molecule has 180 valence electrons. The molecule has 0 aliphatic carbocycles. The Kier molecular flexibility index (Phi) is 6.53. The number of aliphatic carboxylic acids is 1. The topological polar surface area (TPSA) is 119 Å². The van der Waals surface area contributed by atoms with Crippen LogP contribution >= 0.6 is 0 Å². The minimum absolute atomic E-state index is 0.0925. The molecule has 3 aromatic carbocycles. The van der Waals surface area contributed by atoms with Crippen molar-refractivity contribution in [3.63, 3.8) is 0 Å². The van der Waals surface area contributed by atoms with Gasteiger partial charge in [0.1, 0.15) is 5.52 Å². The van der Waals surface area contributed by atoms with Crippen LogP contribution < -0.4 is 5.56 Å². The average molecular weight is 492 g/mol. The van der Waals surface area contributed by atoms with Crippen molar-refractivity contribution in [2.45, 2.75) is 43.9 Å². The number of carbonyl (C=O) groups is 1. The maximum atomic E-state index is 13.2. The first-order chi connectivity index (χ1) is 16.6. The van der Waals surface area contributed by atoms with Crippen molar-refractivity contribution in [2.75, 3.05) is 0 Å². The second kappa shape index (κ2) is 9.42. The van der Waals surface area contributed by atoms with Gasteiger partial charge in [0, 0.05) is 6.54 Å². The van der Waals surface area contributed by atoms with Crippen molar-refractivity contribution in [3.05, 3.63) is 87.7 Å². The molecule has 4 aromatic rings. The van der Waals surface area contributed by atoms with E-state index in [1.54, 1.807) is 37.3 Å². The highest BCUT2D eigenvalue weighted by Gasteiger charge is 2.34. The zero-order valence-corrected chi connectivity index (χ0v) is 20.4. The molecule has 1 heterocycles. The normalized spacial score (nSPS) is 12.5. The van der Waals surface area contributed by atoms with E-state index in [1.807, 2.05) is 32.0 Å². The smallest absolute Gasteiger partial charge is 0.322 e. The molecule has 1 N–H and O–H groups in total. The van der Waals surface area contributed by atoms with E-state index in [-0.39, 0.29) is 17.9 Å². The van der Waals surface area contributed by atoms with Crippen LogP contribution in [0, 0.1) is 20.8 Å². The summed E-state index contributed by atoms with van der Waals surface area (Å²) in [4.78, 5) is 24.6. The molecule has 0 spiro atoms. The standard InChI is InChI=1S/C26H25N3O5S/c1-16-7-8-20(15-18(16)3)19-9-11-21(12-10-19)35(33,34)23(26(31)32)13-14-29-25(30)22-6-4-5-17(2)24(22)27-28-29/h4-12,15,23H,13-14H2,1-3H3,(H,31,32). The van der Waals surface area contributed by atoms with Crippen LogP contribution in [0.3, 0.4) is 0 Å². The van der Waals surface area contributed by atoms with Gasteiger partial charge in [0.05, 0.1) is 10.3 Å². The minimum atomic E-state index is -4.21. The lowest BCUT2D eigenvalue weighted by molar-refractivity contribution is -0.136. The Labute approximate surface area is 202 Å². The number of aromatic nitrogens is 3. The summed E-state index contributed by atoms with van der Waals surface area (Å²) in [6, 6.07) is 17.3. The molecule has 8 nitrogen and oxygen atoms in total. The number of hydrogen-bond donors (Lipinski definition) is 1. The van der Waals surface area contributed by atoms with Crippen molar-refractivity contribution < 1.29 is 18.3 Å². The first kappa shape index (κ1) is 24.3. The highest BCUT2D eigenvalue weighted by molar-refractivity contribution is 7.92. The van der Waals surface area contributed by atoms with Gasteiger partial charge in [-0.3, -0.25) is 9.59 Å². The molecule has 1 aromatic heterocycles. The lowest BCUT2D eigenvalue weighted by atomic mass is 10.0. The average Bonchev–Trinajstić information content (AvgIpc) is 2.82. The fraction of sp³-hybridized carbons (Fsp3) is 0.231. The Morgan fingerprint density at radius 2 is 1.63 bits per heavy atom. The number of rotatable bonds is 7. The summed E-state index contributed by atoms with van der Waals surface area (Å²) in [6.45, 7) is 5.62. The summed E-state index contributed by atoms with van der Waals surface area (Å²) in [5.41, 5.74) is 4.84. The summed E-state index contributed by atoms with van der Waals surface area (Å²) in [7, 11) is -4.21. The Balaban J connectivity index is 1.59. The van der Waals surface area contributed by atoms with E-state index < -0.39 is 26.6 Å². The molecular weight excluding hydrogens is 466 g/mol. The van der Waals surface area contributed by atoms with Gasteiger partial charge in [-0.15, -0.1) is 5.10 Å². The SMILES string of the molecule is Cc1ccc(-c2ccc(S(=O)(=O)C(CCn3nnc4c(C)cccc4c3=O)C(=O)O)cc2)cc1C. The summed E-state index contributed by atoms with van der Waals surface area (Å²) in [5, 5.41) is 16.2. The molecule has 0 fully saturated rings. The van der Waals surface area contributed by atoms with Crippen LogP contribution in [0.15, 0.2) is 70.4 Å². The lowest BCUT2D eigenvalue weighted by Crippen LogP contribution is -2.34. The molecule has 0 aliphatic rings. The monoisotopic (exact) mass is 491 g/mol. The second-order valence-corrected chi connectivity index (χ2v) is 10.7. The van der Waals surface area contributed by atoms with E-state index in [9.17, 15) is 23.1 Å². The second-order valence-electron chi connectivity index (χ2n) is 8.57. The van der Waals surface area contributed by atoms with Gasteiger partial charge in [-0.25, -0.2) is 13.1 Å². The third-order valence-corrected chi connectivity index (χ3v) is 8.35. The van der Waals surface area contributed by atoms with Gasteiger partial charge in [-0.2, -0.15) is 0 Å². The number of hydrogen-bond acceptors (Lipinski definition) is 6. The van der Waals surface area contributed by atoms with Crippen molar-refractivity contribution in [1.82, 2.24) is 15.0 Å². The van der Waals surface area contributed by atoms with Crippen LogP contribution in [0.5, 0.6) is 0 Å². The van der Waals surface area contributed by atoms with Gasteiger partial charge in [0.2, 0.25) is 0 Å². The van der Waals surface area contributed by atoms with Gasteiger partial charge in [-0.05, 0) is 73.2 Å². The molecule has 0 aliphatic heterocycles. The van der Waals surface area contributed by atoms with Crippen LogP contribution in [-0.4, -0.2) is 39.7 Å². The molecule has 0 amide bonds. The molecule has 4 rings (SSSR count). The molecule has 0 bridgehead atoms. The van der Waals surface area contributed by atoms with E-state index >= 15 is 0 Å². The lowest BCUT2D eigenvalue weighted by Gasteiger charge is -2.15. The number of carboxylic acids is 1. The number of sulfone groups is 1. The number of aryl methyl sites for hydroxylation is 4. The van der Waals surface area contributed by atoms with E-state index in [0.717, 1.165) is 32.5 Å². The number of nitrogens with zero attached hydrogens (tertiary/aromatic N) is 3. The van der Waals surface area contributed by atoms with Crippen molar-refractivity contribution in [2.24, 2.45) is 0 Å². The van der Waals surface area contributed by atoms with Crippen LogP contribution in [0.25, 0.3) is 22.0 Å². The van der Waals surface area contributed by atoms with Crippen LogP contribution in [0.4, 0.5) is 0 Å².